The minimum absolute atomic E-state index is 0.195. The Labute approximate surface area is 143 Å². The van der Waals surface area contributed by atoms with E-state index in [4.69, 9.17) is 9.47 Å². The molecule has 0 bridgehead atoms. The Morgan fingerprint density at radius 1 is 1.29 bits per heavy atom. The smallest absolute Gasteiger partial charge is 0.319 e. The Bertz CT molecular complexity index is 618. The number of rotatable bonds is 4. The fraction of sp³-hybridized carbons (Fsp3) is 0.579. The van der Waals surface area contributed by atoms with Gasteiger partial charge >= 0.3 is 5.97 Å². The van der Waals surface area contributed by atoms with E-state index in [1.165, 1.54) is 0 Å². The number of amides is 1. The van der Waals surface area contributed by atoms with E-state index in [9.17, 15) is 9.59 Å². The van der Waals surface area contributed by atoms with E-state index in [0.717, 1.165) is 17.0 Å². The molecule has 5 nitrogen and oxygen atoms in total. The lowest BCUT2D eigenvalue weighted by molar-refractivity contribution is -0.162. The summed E-state index contributed by atoms with van der Waals surface area (Å²) in [6, 6.07) is 5.78. The molecule has 1 heterocycles. The number of ether oxygens (including phenoxy) is 2. The second-order valence-corrected chi connectivity index (χ2v) is 6.93. The van der Waals surface area contributed by atoms with Gasteiger partial charge in [0.05, 0.1) is 12.3 Å². The number of aryl methyl sites for hydroxylation is 1. The molecule has 5 heteroatoms. The number of fused-ring (bicyclic) bond motifs is 1. The number of esters is 1. The minimum Gasteiger partial charge on any atom is -0.494 e. The molecule has 0 unspecified atom stereocenters. The van der Waals surface area contributed by atoms with Crippen LogP contribution in [-0.2, 0) is 20.7 Å². The van der Waals surface area contributed by atoms with Gasteiger partial charge in [0.25, 0.3) is 0 Å². The molecule has 0 radical (unpaired) electrons. The molecule has 2 rings (SSSR count). The molecule has 0 aromatic heterocycles. The first-order chi connectivity index (χ1) is 11.3. The molecular weight excluding hydrogens is 306 g/mol. The van der Waals surface area contributed by atoms with Gasteiger partial charge in [0.15, 0.2) is 0 Å². The second kappa shape index (κ2) is 7.24. The summed E-state index contributed by atoms with van der Waals surface area (Å²) >= 11 is 0. The van der Waals surface area contributed by atoms with Crippen molar-refractivity contribution in [2.75, 3.05) is 18.1 Å². The Hall–Kier alpha value is -2.04. The molecule has 0 N–H and O–H groups in total. The normalized spacial score (nSPS) is 18.0. The van der Waals surface area contributed by atoms with E-state index in [0.29, 0.717) is 26.0 Å². The van der Waals surface area contributed by atoms with E-state index in [1.54, 1.807) is 4.90 Å². The molecule has 1 amide bonds. The number of hydrogen-bond acceptors (Lipinski definition) is 4. The average Bonchev–Trinajstić information content (AvgIpc) is 2.61. The first kappa shape index (κ1) is 18.3. The highest BCUT2D eigenvalue weighted by atomic mass is 16.6. The van der Waals surface area contributed by atoms with Gasteiger partial charge in [-0.3, -0.25) is 9.59 Å². The van der Waals surface area contributed by atoms with Crippen LogP contribution in [0.25, 0.3) is 0 Å². The highest BCUT2D eigenvalue weighted by molar-refractivity contribution is 6.07. The van der Waals surface area contributed by atoms with Crippen molar-refractivity contribution in [1.82, 2.24) is 0 Å². The van der Waals surface area contributed by atoms with Crippen molar-refractivity contribution < 1.29 is 19.1 Å². The highest BCUT2D eigenvalue weighted by Gasteiger charge is 2.37. The second-order valence-electron chi connectivity index (χ2n) is 6.93. The van der Waals surface area contributed by atoms with Crippen molar-refractivity contribution in [3.63, 3.8) is 0 Å². The van der Waals surface area contributed by atoms with Crippen LogP contribution in [0.5, 0.6) is 5.75 Å². The van der Waals surface area contributed by atoms with Gasteiger partial charge in [0.2, 0.25) is 5.91 Å². The van der Waals surface area contributed by atoms with E-state index in [2.05, 4.69) is 0 Å². The molecule has 0 saturated carbocycles. The fourth-order valence-corrected chi connectivity index (χ4v) is 2.91. The van der Waals surface area contributed by atoms with Crippen LogP contribution >= 0.6 is 0 Å². The van der Waals surface area contributed by atoms with Crippen molar-refractivity contribution in [3.8, 4) is 5.75 Å². The van der Waals surface area contributed by atoms with Crippen LogP contribution in [0.15, 0.2) is 18.2 Å². The van der Waals surface area contributed by atoms with Crippen LogP contribution in [0.1, 0.15) is 46.6 Å². The number of benzene rings is 1. The summed E-state index contributed by atoms with van der Waals surface area (Å²) in [6.07, 6.45) is 1.12. The average molecular weight is 333 g/mol. The van der Waals surface area contributed by atoms with Crippen molar-refractivity contribution in [2.24, 2.45) is 5.92 Å². The van der Waals surface area contributed by atoms with Gasteiger partial charge in [0, 0.05) is 12.6 Å². The summed E-state index contributed by atoms with van der Waals surface area (Å²) in [4.78, 5) is 27.1. The summed E-state index contributed by atoms with van der Waals surface area (Å²) in [7, 11) is 0. The molecule has 1 atom stereocenters. The Kier molecular flexibility index (Phi) is 5.52. The summed E-state index contributed by atoms with van der Waals surface area (Å²) in [5, 5.41) is 0. The monoisotopic (exact) mass is 333 g/mol. The van der Waals surface area contributed by atoms with Gasteiger partial charge in [-0.25, -0.2) is 0 Å². The first-order valence-electron chi connectivity index (χ1n) is 8.56. The Morgan fingerprint density at radius 3 is 2.58 bits per heavy atom. The van der Waals surface area contributed by atoms with E-state index in [-0.39, 0.29) is 5.91 Å². The molecule has 132 valence electrons. The van der Waals surface area contributed by atoms with Crippen molar-refractivity contribution >= 4 is 17.6 Å². The SMILES string of the molecule is CCOc1ccc2c(c1)N(CC)C(=O)[C@@H](C(=O)OC(C)(C)C)CC2. The van der Waals surface area contributed by atoms with Crippen LogP contribution in [0.2, 0.25) is 0 Å². The number of hydrogen-bond donors (Lipinski definition) is 0. The van der Waals surface area contributed by atoms with Crippen LogP contribution in [0.4, 0.5) is 5.69 Å². The van der Waals surface area contributed by atoms with Crippen LogP contribution in [-0.4, -0.2) is 30.6 Å². The molecule has 1 aromatic rings. The molecule has 1 aromatic carbocycles. The molecule has 1 aliphatic rings. The predicted octanol–water partition coefficient (Wildman–Crippen LogP) is 3.34. The standard InChI is InChI=1S/C19H27NO4/c1-6-20-16-12-14(23-7-2)10-8-13(16)9-11-15(17(20)21)18(22)24-19(3,4)5/h8,10,12,15H,6-7,9,11H2,1-5H3/t15-/m0/s1. The first-order valence-corrected chi connectivity index (χ1v) is 8.56. The van der Waals surface area contributed by atoms with Gasteiger partial charge in [-0.2, -0.15) is 0 Å². The van der Waals surface area contributed by atoms with Crippen LogP contribution in [0, 0.1) is 5.92 Å². The van der Waals surface area contributed by atoms with Crippen molar-refractivity contribution in [2.45, 2.75) is 53.1 Å². The number of carbonyl (C=O) groups excluding carboxylic acids is 2. The Balaban J connectivity index is 2.32. The third-order valence-electron chi connectivity index (χ3n) is 3.93. The molecule has 0 fully saturated rings. The van der Waals surface area contributed by atoms with Crippen molar-refractivity contribution in [1.29, 1.82) is 0 Å². The maximum Gasteiger partial charge on any atom is 0.319 e. The summed E-state index contributed by atoms with van der Waals surface area (Å²) in [5.41, 5.74) is 1.29. The molecule has 1 aliphatic heterocycles. The summed E-state index contributed by atoms with van der Waals surface area (Å²) < 4.78 is 11.0. The van der Waals surface area contributed by atoms with Crippen molar-refractivity contribution in [3.05, 3.63) is 23.8 Å². The highest BCUT2D eigenvalue weighted by Crippen LogP contribution is 2.33. The lowest BCUT2D eigenvalue weighted by atomic mass is 10.00. The topological polar surface area (TPSA) is 55.8 Å². The van der Waals surface area contributed by atoms with Crippen LogP contribution in [0.3, 0.4) is 0 Å². The third kappa shape index (κ3) is 4.08. The van der Waals surface area contributed by atoms with E-state index < -0.39 is 17.5 Å². The lowest BCUT2D eigenvalue weighted by Crippen LogP contribution is -2.41. The number of carbonyl (C=O) groups is 2. The van der Waals surface area contributed by atoms with Gasteiger partial charge in [-0.1, -0.05) is 6.07 Å². The molecule has 0 aliphatic carbocycles. The third-order valence-corrected chi connectivity index (χ3v) is 3.93. The maximum atomic E-state index is 12.9. The molecular formula is C19H27NO4. The maximum absolute atomic E-state index is 12.9. The molecule has 0 spiro atoms. The Morgan fingerprint density at radius 2 is 2.00 bits per heavy atom. The van der Waals surface area contributed by atoms with E-state index >= 15 is 0 Å². The lowest BCUT2D eigenvalue weighted by Gasteiger charge is -2.26. The zero-order chi connectivity index (χ0) is 17.9. The quantitative estimate of drug-likeness (QED) is 0.626. The minimum atomic E-state index is -0.757. The summed E-state index contributed by atoms with van der Waals surface area (Å²) in [6.45, 7) is 10.3. The predicted molar refractivity (Wildman–Crippen MR) is 93.3 cm³/mol. The van der Waals surface area contributed by atoms with Gasteiger partial charge in [-0.05, 0) is 59.1 Å². The number of anilines is 1. The van der Waals surface area contributed by atoms with Gasteiger partial charge in [-0.15, -0.1) is 0 Å². The fourth-order valence-electron chi connectivity index (χ4n) is 2.91. The summed E-state index contributed by atoms with van der Waals surface area (Å²) in [5.74, 6) is -0.659. The molecule has 0 saturated heterocycles. The number of nitrogens with zero attached hydrogens (tertiary/aromatic N) is 1. The van der Waals surface area contributed by atoms with Crippen LogP contribution < -0.4 is 9.64 Å². The molecule has 24 heavy (non-hydrogen) atoms. The largest absolute Gasteiger partial charge is 0.494 e. The van der Waals surface area contributed by atoms with Gasteiger partial charge in [0.1, 0.15) is 17.3 Å². The van der Waals surface area contributed by atoms with Gasteiger partial charge < -0.3 is 14.4 Å². The van der Waals surface area contributed by atoms with E-state index in [1.807, 2.05) is 52.8 Å². The zero-order valence-electron chi connectivity index (χ0n) is 15.2. The zero-order valence-corrected chi connectivity index (χ0v) is 15.2.